The molecule has 0 saturated heterocycles. The molecule has 2 aliphatic rings. The Kier molecular flexibility index (Phi) is 0.934. The van der Waals surface area contributed by atoms with E-state index in [4.69, 9.17) is 0 Å². The van der Waals surface area contributed by atoms with Crippen LogP contribution < -0.4 is 0 Å². The van der Waals surface area contributed by atoms with Gasteiger partial charge in [0, 0.05) is 11.8 Å². The highest BCUT2D eigenvalue weighted by Crippen LogP contribution is 2.61. The Morgan fingerprint density at radius 2 is 1.90 bits per heavy atom. The normalized spacial score (nSPS) is 33.2. The van der Waals surface area contributed by atoms with E-state index < -0.39 is 0 Å². The molecule has 56 valence electrons. The third kappa shape index (κ3) is 0.609. The smallest absolute Gasteiger partial charge is 0.139 e. The van der Waals surface area contributed by atoms with Crippen LogP contribution in [0.1, 0.15) is 39.5 Å². The molecule has 1 heteroatoms. The van der Waals surface area contributed by atoms with Crippen molar-refractivity contribution in [1.82, 2.24) is 0 Å². The van der Waals surface area contributed by atoms with Crippen molar-refractivity contribution in [2.75, 3.05) is 0 Å². The molecule has 0 amide bonds. The van der Waals surface area contributed by atoms with Crippen molar-refractivity contribution in [3.05, 3.63) is 0 Å². The van der Waals surface area contributed by atoms with E-state index in [1.54, 1.807) is 0 Å². The first-order valence-electron chi connectivity index (χ1n) is 4.08. The maximum Gasteiger partial charge on any atom is 0.139 e. The van der Waals surface area contributed by atoms with Gasteiger partial charge in [0.2, 0.25) is 0 Å². The molecule has 10 heavy (non-hydrogen) atoms. The summed E-state index contributed by atoms with van der Waals surface area (Å²) in [5.41, 5.74) is 0.666. The molecule has 0 radical (unpaired) electrons. The highest BCUT2D eigenvalue weighted by molar-refractivity contribution is 5.91. The second-order valence-electron chi connectivity index (χ2n) is 4.72. The Morgan fingerprint density at radius 3 is 2.00 bits per heavy atom. The molecule has 2 saturated carbocycles. The van der Waals surface area contributed by atoms with Gasteiger partial charge < -0.3 is 0 Å². The third-order valence-corrected chi connectivity index (χ3v) is 3.06. The molecule has 0 N–H and O–H groups in total. The van der Waals surface area contributed by atoms with E-state index in [0.717, 1.165) is 19.3 Å². The van der Waals surface area contributed by atoms with Gasteiger partial charge in [-0.3, -0.25) is 4.79 Å². The molecule has 2 rings (SSSR count). The summed E-state index contributed by atoms with van der Waals surface area (Å²) in [6, 6.07) is 0. The first-order chi connectivity index (χ1) is 4.54. The molecular weight excluding hydrogens is 124 g/mol. The topological polar surface area (TPSA) is 17.1 Å². The van der Waals surface area contributed by atoms with E-state index in [9.17, 15) is 4.79 Å². The van der Waals surface area contributed by atoms with Gasteiger partial charge in [-0.1, -0.05) is 13.8 Å². The second kappa shape index (κ2) is 1.46. The molecule has 0 bridgehead atoms. The first kappa shape index (κ1) is 6.38. The Balaban J connectivity index is 2.06. The molecule has 0 aromatic carbocycles. The fourth-order valence-electron chi connectivity index (χ4n) is 2.73. The fourth-order valence-corrected chi connectivity index (χ4v) is 2.73. The SMILES string of the molecule is CC1(C)CC2(CCC2=O)C1. The maximum absolute atomic E-state index is 11.1. The Labute approximate surface area is 61.8 Å². The molecular formula is C9H14O. The van der Waals surface area contributed by atoms with Gasteiger partial charge in [-0.25, -0.2) is 0 Å². The largest absolute Gasteiger partial charge is 0.299 e. The summed E-state index contributed by atoms with van der Waals surface area (Å²) < 4.78 is 0. The Hall–Kier alpha value is -0.330. The van der Waals surface area contributed by atoms with Crippen LogP contribution in [0.3, 0.4) is 0 Å². The van der Waals surface area contributed by atoms with Crippen LogP contribution in [-0.2, 0) is 4.79 Å². The van der Waals surface area contributed by atoms with Crippen LogP contribution in [0.25, 0.3) is 0 Å². The average Bonchev–Trinajstić information content (AvgIpc) is 1.78. The summed E-state index contributed by atoms with van der Waals surface area (Å²) in [5, 5.41) is 0. The van der Waals surface area contributed by atoms with Crippen molar-refractivity contribution in [2.24, 2.45) is 10.8 Å². The van der Waals surface area contributed by atoms with E-state index in [0.29, 0.717) is 11.2 Å². The van der Waals surface area contributed by atoms with Crippen LogP contribution in [0.5, 0.6) is 0 Å². The number of carbonyl (C=O) groups excluding carboxylic acids is 1. The molecule has 0 heterocycles. The quantitative estimate of drug-likeness (QED) is 0.501. The third-order valence-electron chi connectivity index (χ3n) is 3.06. The van der Waals surface area contributed by atoms with E-state index in [2.05, 4.69) is 13.8 Å². The second-order valence-corrected chi connectivity index (χ2v) is 4.72. The molecule has 2 aliphatic carbocycles. The van der Waals surface area contributed by atoms with Gasteiger partial charge in [-0.15, -0.1) is 0 Å². The Bertz CT molecular complexity index is 183. The van der Waals surface area contributed by atoms with Crippen molar-refractivity contribution in [3.63, 3.8) is 0 Å². The lowest BCUT2D eigenvalue weighted by Gasteiger charge is -2.57. The number of hydrogen-bond donors (Lipinski definition) is 0. The fraction of sp³-hybridized carbons (Fsp3) is 0.889. The first-order valence-corrected chi connectivity index (χ1v) is 4.08. The number of hydrogen-bond acceptors (Lipinski definition) is 1. The monoisotopic (exact) mass is 138 g/mol. The Morgan fingerprint density at radius 1 is 1.30 bits per heavy atom. The standard InChI is InChI=1S/C9H14O/c1-8(2)5-9(6-8)4-3-7(9)10/h3-6H2,1-2H3. The van der Waals surface area contributed by atoms with Gasteiger partial charge >= 0.3 is 0 Å². The molecule has 0 aliphatic heterocycles. The minimum atomic E-state index is 0.198. The molecule has 2 fully saturated rings. The van der Waals surface area contributed by atoms with E-state index >= 15 is 0 Å². The summed E-state index contributed by atoms with van der Waals surface area (Å²) >= 11 is 0. The van der Waals surface area contributed by atoms with Gasteiger partial charge in [0.15, 0.2) is 0 Å². The highest BCUT2D eigenvalue weighted by Gasteiger charge is 2.57. The predicted octanol–water partition coefficient (Wildman–Crippen LogP) is 2.16. The molecule has 1 nitrogen and oxygen atoms in total. The average molecular weight is 138 g/mol. The van der Waals surface area contributed by atoms with Gasteiger partial charge in [-0.2, -0.15) is 0 Å². The zero-order valence-electron chi connectivity index (χ0n) is 6.74. The molecule has 1 spiro atoms. The zero-order chi connectivity index (χ0) is 7.41. The van der Waals surface area contributed by atoms with Crippen molar-refractivity contribution < 1.29 is 4.79 Å². The van der Waals surface area contributed by atoms with Crippen molar-refractivity contribution >= 4 is 5.78 Å². The van der Waals surface area contributed by atoms with Crippen LogP contribution in [0.15, 0.2) is 0 Å². The summed E-state index contributed by atoms with van der Waals surface area (Å²) in [7, 11) is 0. The molecule has 0 aromatic heterocycles. The maximum atomic E-state index is 11.1. The van der Waals surface area contributed by atoms with Crippen molar-refractivity contribution in [2.45, 2.75) is 39.5 Å². The summed E-state index contributed by atoms with van der Waals surface area (Å²) in [6.45, 7) is 4.51. The van der Waals surface area contributed by atoms with Crippen molar-refractivity contribution in [3.8, 4) is 0 Å². The van der Waals surface area contributed by atoms with Gasteiger partial charge in [-0.05, 0) is 24.7 Å². The van der Waals surface area contributed by atoms with Crippen LogP contribution in [0, 0.1) is 10.8 Å². The van der Waals surface area contributed by atoms with E-state index in [1.165, 1.54) is 6.42 Å². The van der Waals surface area contributed by atoms with E-state index in [-0.39, 0.29) is 5.41 Å². The summed E-state index contributed by atoms with van der Waals surface area (Å²) in [6.07, 6.45) is 4.34. The summed E-state index contributed by atoms with van der Waals surface area (Å²) in [5.74, 6) is 0.534. The van der Waals surface area contributed by atoms with Crippen molar-refractivity contribution in [1.29, 1.82) is 0 Å². The van der Waals surface area contributed by atoms with Gasteiger partial charge in [0.25, 0.3) is 0 Å². The minimum Gasteiger partial charge on any atom is -0.299 e. The van der Waals surface area contributed by atoms with Gasteiger partial charge in [0.1, 0.15) is 5.78 Å². The number of rotatable bonds is 0. The van der Waals surface area contributed by atoms with Gasteiger partial charge in [0.05, 0.1) is 0 Å². The molecule has 0 unspecified atom stereocenters. The highest BCUT2D eigenvalue weighted by atomic mass is 16.1. The number of ketones is 1. The van der Waals surface area contributed by atoms with E-state index in [1.807, 2.05) is 0 Å². The van der Waals surface area contributed by atoms with Crippen LogP contribution in [-0.4, -0.2) is 5.78 Å². The molecule has 0 aromatic rings. The lowest BCUT2D eigenvalue weighted by atomic mass is 9.46. The zero-order valence-corrected chi connectivity index (χ0v) is 6.74. The molecule has 0 atom stereocenters. The predicted molar refractivity (Wildman–Crippen MR) is 39.7 cm³/mol. The van der Waals surface area contributed by atoms with Crippen LogP contribution >= 0.6 is 0 Å². The number of Topliss-reactive ketones (excluding diaryl/α,β-unsaturated/α-hetero) is 1. The number of carbonyl (C=O) groups is 1. The van der Waals surface area contributed by atoms with Crippen LogP contribution in [0.4, 0.5) is 0 Å². The van der Waals surface area contributed by atoms with Crippen LogP contribution in [0.2, 0.25) is 0 Å². The minimum absolute atomic E-state index is 0.198. The lowest BCUT2D eigenvalue weighted by molar-refractivity contribution is -0.157. The summed E-state index contributed by atoms with van der Waals surface area (Å²) in [4.78, 5) is 11.1. The lowest BCUT2D eigenvalue weighted by Crippen LogP contribution is -2.54.